The lowest BCUT2D eigenvalue weighted by Gasteiger charge is -2.12. The van der Waals surface area contributed by atoms with Crippen molar-refractivity contribution in [1.29, 1.82) is 0 Å². The molecule has 0 heterocycles. The van der Waals surface area contributed by atoms with Gasteiger partial charge in [0.15, 0.2) is 5.75 Å². The van der Waals surface area contributed by atoms with Crippen molar-refractivity contribution in [2.24, 2.45) is 0 Å². The summed E-state index contributed by atoms with van der Waals surface area (Å²) in [5, 5.41) is 2.36. The van der Waals surface area contributed by atoms with Crippen molar-refractivity contribution >= 4 is 31.5 Å². The number of benzene rings is 2. The number of hydrogen-bond donors (Lipinski definition) is 1. The minimum atomic E-state index is -5.60. The maximum Gasteiger partial charge on any atom is 0.501 e. The molecule has 0 aliphatic rings. The molecular weight excluding hydrogens is 411 g/mol. The molecule has 27 heavy (non-hydrogen) atoms. The number of carbonyl (C=O) groups is 1. The molecule has 1 N–H and O–H groups in total. The molecule has 0 radical (unpaired) electrons. The molecule has 2 aromatic rings. The number of nitrogens with one attached hydrogen (secondary N) is 1. The normalized spacial score (nSPS) is 12.4. The first-order chi connectivity index (χ1) is 12.3. The van der Waals surface area contributed by atoms with E-state index in [9.17, 15) is 34.8 Å². The Bertz CT molecular complexity index is 1060. The summed E-state index contributed by atoms with van der Waals surface area (Å²) in [6.45, 7) is 1.20. The van der Waals surface area contributed by atoms with E-state index in [0.29, 0.717) is 24.3 Å². The predicted octanol–water partition coefficient (Wildman–Crippen LogP) is 2.71. The van der Waals surface area contributed by atoms with Crippen LogP contribution in [0.5, 0.6) is 5.75 Å². The van der Waals surface area contributed by atoms with Gasteiger partial charge in [-0.15, -0.1) is 0 Å². The zero-order valence-electron chi connectivity index (χ0n) is 13.5. The first-order valence-electron chi connectivity index (χ1n) is 7.07. The van der Waals surface area contributed by atoms with Crippen molar-refractivity contribution in [3.63, 3.8) is 0 Å². The van der Waals surface area contributed by atoms with Gasteiger partial charge in [-0.05, 0) is 36.4 Å². The fourth-order valence-corrected chi connectivity index (χ4v) is 3.63. The van der Waals surface area contributed by atoms with Gasteiger partial charge in [0.25, 0.3) is 9.84 Å². The van der Waals surface area contributed by atoms with Gasteiger partial charge in [0.1, 0.15) is 4.90 Å². The summed E-state index contributed by atoms with van der Waals surface area (Å²) in [6.07, 6.45) is 0. The number of sulfone groups is 1. The fourth-order valence-electron chi connectivity index (χ4n) is 1.92. The molecule has 2 aromatic carbocycles. The molecule has 0 aliphatic carbocycles. The summed E-state index contributed by atoms with van der Waals surface area (Å²) in [7, 11) is -10.1. The summed E-state index contributed by atoms with van der Waals surface area (Å²) in [5.41, 5.74) is -5.45. The number of hydrogen-bond acceptors (Lipinski definition) is 6. The van der Waals surface area contributed by atoms with E-state index in [4.69, 9.17) is 4.18 Å². The van der Waals surface area contributed by atoms with Gasteiger partial charge in [0, 0.05) is 6.92 Å². The maximum absolute atomic E-state index is 12.5. The number of amides is 1. The Morgan fingerprint density at radius 2 is 1.44 bits per heavy atom. The van der Waals surface area contributed by atoms with Crippen LogP contribution in [0.2, 0.25) is 0 Å². The van der Waals surface area contributed by atoms with E-state index in [2.05, 4.69) is 5.32 Å². The van der Waals surface area contributed by atoms with Crippen LogP contribution in [-0.2, 0) is 24.7 Å². The summed E-state index contributed by atoms with van der Waals surface area (Å²) >= 11 is 0. The van der Waals surface area contributed by atoms with Crippen LogP contribution in [0.15, 0.2) is 58.3 Å². The van der Waals surface area contributed by atoms with Crippen molar-refractivity contribution in [3.8, 4) is 5.75 Å². The third-order valence-corrected chi connectivity index (χ3v) is 5.88. The van der Waals surface area contributed by atoms with Crippen molar-refractivity contribution in [3.05, 3.63) is 48.5 Å². The summed E-state index contributed by atoms with van der Waals surface area (Å²) in [6, 6.07) is 7.97. The monoisotopic (exact) mass is 423 g/mol. The molecule has 0 aliphatic heterocycles. The van der Waals surface area contributed by atoms with Gasteiger partial charge in [-0.2, -0.15) is 21.6 Å². The smallest absolute Gasteiger partial charge is 0.377 e. The number of halogens is 3. The molecule has 0 unspecified atom stereocenters. The molecule has 0 spiro atoms. The Balaban J connectivity index is 2.35. The molecule has 0 aromatic heterocycles. The highest BCUT2D eigenvalue weighted by Crippen LogP contribution is 2.31. The second kappa shape index (κ2) is 7.19. The number of carbonyl (C=O) groups excluding carboxylic acids is 1. The van der Waals surface area contributed by atoms with Crippen LogP contribution in [0.1, 0.15) is 6.92 Å². The van der Waals surface area contributed by atoms with E-state index in [1.807, 2.05) is 0 Å². The Kier molecular flexibility index (Phi) is 5.52. The lowest BCUT2D eigenvalue weighted by Crippen LogP contribution is -2.23. The summed E-state index contributed by atoms with van der Waals surface area (Å²) < 4.78 is 89.7. The van der Waals surface area contributed by atoms with E-state index in [1.54, 1.807) is 0 Å². The summed E-state index contributed by atoms with van der Waals surface area (Å²) in [4.78, 5) is 9.48. The predicted molar refractivity (Wildman–Crippen MR) is 88.2 cm³/mol. The van der Waals surface area contributed by atoms with E-state index in [1.165, 1.54) is 31.2 Å². The first-order valence-corrected chi connectivity index (χ1v) is 9.96. The van der Waals surface area contributed by atoms with E-state index < -0.39 is 41.2 Å². The van der Waals surface area contributed by atoms with E-state index in [-0.39, 0.29) is 11.4 Å². The van der Waals surface area contributed by atoms with Crippen LogP contribution in [0.25, 0.3) is 0 Å². The molecular formula is C15H12F3NO6S2. The number of para-hydroxylation sites is 2. The average molecular weight is 423 g/mol. The largest absolute Gasteiger partial charge is 0.501 e. The molecule has 0 bridgehead atoms. The van der Waals surface area contributed by atoms with Crippen molar-refractivity contribution in [1.82, 2.24) is 0 Å². The molecule has 0 saturated heterocycles. The van der Waals surface area contributed by atoms with Gasteiger partial charge >= 0.3 is 15.6 Å². The second-order valence-electron chi connectivity index (χ2n) is 5.14. The lowest BCUT2D eigenvalue weighted by atomic mass is 10.3. The second-order valence-corrected chi connectivity index (χ2v) is 8.62. The van der Waals surface area contributed by atoms with Gasteiger partial charge in [-0.25, -0.2) is 8.42 Å². The van der Waals surface area contributed by atoms with Crippen molar-refractivity contribution in [2.45, 2.75) is 22.2 Å². The Hall–Kier alpha value is -2.60. The van der Waals surface area contributed by atoms with Gasteiger partial charge < -0.3 is 9.50 Å². The fraction of sp³-hybridized carbons (Fsp3) is 0.133. The number of rotatable bonds is 5. The zero-order chi connectivity index (χ0) is 20.5. The first kappa shape index (κ1) is 20.7. The lowest BCUT2D eigenvalue weighted by molar-refractivity contribution is -0.114. The highest BCUT2D eigenvalue weighted by atomic mass is 32.2. The maximum atomic E-state index is 12.5. The molecule has 12 heteroatoms. The van der Waals surface area contributed by atoms with Crippen molar-refractivity contribution in [2.75, 3.05) is 5.32 Å². The standard InChI is InChI=1S/C15H12F3NO6S2/c1-10(20)19-13-4-2-3-5-14(13)25-27(23,24)12-8-6-11(7-9-12)26(21,22)15(16,17)18/h2-9H,1H3,(H,19,20). The van der Waals surface area contributed by atoms with Crippen LogP contribution in [0.3, 0.4) is 0 Å². The molecule has 1 amide bonds. The Morgan fingerprint density at radius 1 is 0.926 bits per heavy atom. The van der Waals surface area contributed by atoms with Gasteiger partial charge in [-0.1, -0.05) is 12.1 Å². The topological polar surface area (TPSA) is 107 Å². The Morgan fingerprint density at radius 3 is 1.96 bits per heavy atom. The van der Waals surface area contributed by atoms with Gasteiger partial charge in [0.2, 0.25) is 5.91 Å². The zero-order valence-corrected chi connectivity index (χ0v) is 15.2. The SMILES string of the molecule is CC(=O)Nc1ccccc1OS(=O)(=O)c1ccc(S(=O)(=O)C(F)(F)F)cc1. The minimum Gasteiger partial charge on any atom is -0.377 e. The molecule has 7 nitrogen and oxygen atoms in total. The third-order valence-electron chi connectivity index (χ3n) is 3.12. The van der Waals surface area contributed by atoms with Crippen LogP contribution >= 0.6 is 0 Å². The molecule has 0 fully saturated rings. The highest BCUT2D eigenvalue weighted by molar-refractivity contribution is 7.92. The average Bonchev–Trinajstić information content (AvgIpc) is 2.55. The third kappa shape index (κ3) is 4.57. The van der Waals surface area contributed by atoms with Crippen LogP contribution in [-0.4, -0.2) is 28.3 Å². The van der Waals surface area contributed by atoms with Crippen LogP contribution in [0.4, 0.5) is 18.9 Å². The number of anilines is 1. The Labute approximate surface area is 152 Å². The van der Waals surface area contributed by atoms with Gasteiger partial charge in [-0.3, -0.25) is 4.79 Å². The molecule has 0 saturated carbocycles. The molecule has 146 valence electrons. The quantitative estimate of drug-likeness (QED) is 0.741. The summed E-state index contributed by atoms with van der Waals surface area (Å²) in [5.74, 6) is -0.704. The molecule has 0 atom stereocenters. The highest BCUT2D eigenvalue weighted by Gasteiger charge is 2.46. The van der Waals surface area contributed by atoms with E-state index in [0.717, 1.165) is 0 Å². The van der Waals surface area contributed by atoms with Gasteiger partial charge in [0.05, 0.1) is 10.6 Å². The van der Waals surface area contributed by atoms with E-state index >= 15 is 0 Å². The molecule has 2 rings (SSSR count). The van der Waals surface area contributed by atoms with Crippen LogP contribution < -0.4 is 9.50 Å². The van der Waals surface area contributed by atoms with Crippen molar-refractivity contribution < 1.29 is 39.0 Å². The van der Waals surface area contributed by atoms with Crippen LogP contribution in [0, 0.1) is 0 Å². The number of alkyl halides is 3. The minimum absolute atomic E-state index is 0.0600.